The van der Waals surface area contributed by atoms with Crippen LogP contribution in [0.25, 0.3) is 0 Å². The molecular weight excluding hydrogens is 230 g/mol. The van der Waals surface area contributed by atoms with Gasteiger partial charge in [0.1, 0.15) is 0 Å². The number of rotatable bonds is 5. The van der Waals surface area contributed by atoms with Crippen molar-refractivity contribution in [2.24, 2.45) is 0 Å². The van der Waals surface area contributed by atoms with E-state index in [-0.39, 0.29) is 29.4 Å². The normalized spacial score (nSPS) is 11.8. The lowest BCUT2D eigenvalue weighted by Gasteiger charge is -2.34. The standard InChI is InChI=1S/C14H21NO3/c1-5-14(2,3)15(4)9-13(18)10-6-7-11(16)12(17)8-10/h6-8,16-17H,5,9H2,1-4H3. The highest BCUT2D eigenvalue weighted by atomic mass is 16.3. The Bertz CT molecular complexity index is 441. The fourth-order valence-electron chi connectivity index (χ4n) is 1.49. The molecule has 0 amide bonds. The molecule has 0 bridgehead atoms. The van der Waals surface area contributed by atoms with Crippen LogP contribution in [0, 0.1) is 0 Å². The highest BCUT2D eigenvalue weighted by molar-refractivity contribution is 5.98. The van der Waals surface area contributed by atoms with Crippen LogP contribution in [0.2, 0.25) is 0 Å². The van der Waals surface area contributed by atoms with Crippen molar-refractivity contribution in [3.05, 3.63) is 23.8 Å². The Balaban J connectivity index is 2.80. The zero-order valence-corrected chi connectivity index (χ0v) is 11.4. The first-order chi connectivity index (χ1) is 8.27. The molecule has 4 nitrogen and oxygen atoms in total. The molecule has 100 valence electrons. The third-order valence-electron chi connectivity index (χ3n) is 3.58. The predicted molar refractivity (Wildman–Crippen MR) is 71.1 cm³/mol. The quantitative estimate of drug-likeness (QED) is 0.623. The molecule has 1 aromatic carbocycles. The van der Waals surface area contributed by atoms with E-state index < -0.39 is 0 Å². The van der Waals surface area contributed by atoms with E-state index in [9.17, 15) is 15.0 Å². The largest absolute Gasteiger partial charge is 0.504 e. The van der Waals surface area contributed by atoms with Gasteiger partial charge >= 0.3 is 0 Å². The van der Waals surface area contributed by atoms with Gasteiger partial charge in [-0.05, 0) is 45.5 Å². The number of Topliss-reactive ketones (excluding diaryl/α,β-unsaturated/α-hetero) is 1. The Morgan fingerprint density at radius 1 is 1.28 bits per heavy atom. The lowest BCUT2D eigenvalue weighted by Crippen LogP contribution is -2.43. The van der Waals surface area contributed by atoms with Crippen molar-refractivity contribution < 1.29 is 15.0 Å². The first kappa shape index (κ1) is 14.5. The number of benzene rings is 1. The molecule has 0 heterocycles. The summed E-state index contributed by atoms with van der Waals surface area (Å²) >= 11 is 0. The van der Waals surface area contributed by atoms with Crippen LogP contribution in [0.15, 0.2) is 18.2 Å². The number of aromatic hydroxyl groups is 2. The van der Waals surface area contributed by atoms with Crippen LogP contribution < -0.4 is 0 Å². The second-order valence-corrected chi connectivity index (χ2v) is 5.15. The van der Waals surface area contributed by atoms with Gasteiger partial charge in [0.05, 0.1) is 6.54 Å². The molecule has 1 rings (SSSR count). The minimum absolute atomic E-state index is 0.0470. The number of carbonyl (C=O) groups excluding carboxylic acids is 1. The molecule has 1 aromatic rings. The molecule has 4 heteroatoms. The van der Waals surface area contributed by atoms with E-state index in [1.54, 1.807) is 0 Å². The van der Waals surface area contributed by atoms with E-state index >= 15 is 0 Å². The third-order valence-corrected chi connectivity index (χ3v) is 3.58. The van der Waals surface area contributed by atoms with Crippen LogP contribution in [0.4, 0.5) is 0 Å². The summed E-state index contributed by atoms with van der Waals surface area (Å²) in [6.45, 7) is 6.52. The molecule has 0 aliphatic carbocycles. The number of nitrogens with zero attached hydrogens (tertiary/aromatic N) is 1. The maximum absolute atomic E-state index is 12.0. The first-order valence-corrected chi connectivity index (χ1v) is 6.04. The molecule has 18 heavy (non-hydrogen) atoms. The molecule has 0 aromatic heterocycles. The van der Waals surface area contributed by atoms with E-state index in [0.717, 1.165) is 6.42 Å². The fraction of sp³-hybridized carbons (Fsp3) is 0.500. The third kappa shape index (κ3) is 3.23. The monoisotopic (exact) mass is 251 g/mol. The van der Waals surface area contributed by atoms with Crippen molar-refractivity contribution in [3.63, 3.8) is 0 Å². The van der Waals surface area contributed by atoms with Gasteiger partial charge in [-0.25, -0.2) is 0 Å². The molecule has 0 spiro atoms. The minimum atomic E-state index is -0.266. The molecular formula is C14H21NO3. The van der Waals surface area contributed by atoms with Crippen LogP contribution in [-0.2, 0) is 0 Å². The Kier molecular flexibility index (Phi) is 4.35. The van der Waals surface area contributed by atoms with E-state index in [0.29, 0.717) is 5.56 Å². The SMILES string of the molecule is CCC(C)(C)N(C)CC(=O)c1ccc(O)c(O)c1. The van der Waals surface area contributed by atoms with Gasteiger partial charge in [-0.1, -0.05) is 6.92 Å². The number of hydrogen-bond acceptors (Lipinski definition) is 4. The first-order valence-electron chi connectivity index (χ1n) is 6.04. The van der Waals surface area contributed by atoms with Crippen molar-refractivity contribution in [1.29, 1.82) is 0 Å². The lowest BCUT2D eigenvalue weighted by molar-refractivity contribution is 0.0846. The number of phenols is 2. The number of phenolic OH excluding ortho intramolecular Hbond substituents is 2. The van der Waals surface area contributed by atoms with Gasteiger partial charge < -0.3 is 10.2 Å². The van der Waals surface area contributed by atoms with Crippen LogP contribution in [-0.4, -0.2) is 40.0 Å². The summed E-state index contributed by atoms with van der Waals surface area (Å²) in [4.78, 5) is 14.0. The summed E-state index contributed by atoms with van der Waals surface area (Å²) in [5.74, 6) is -0.554. The fourth-order valence-corrected chi connectivity index (χ4v) is 1.49. The molecule has 0 aliphatic rings. The van der Waals surface area contributed by atoms with E-state index in [4.69, 9.17) is 0 Å². The Labute approximate surface area is 108 Å². The number of ketones is 1. The second-order valence-electron chi connectivity index (χ2n) is 5.15. The molecule has 0 fully saturated rings. The topological polar surface area (TPSA) is 60.8 Å². The molecule has 0 radical (unpaired) electrons. The van der Waals surface area contributed by atoms with Crippen LogP contribution >= 0.6 is 0 Å². The van der Waals surface area contributed by atoms with Crippen LogP contribution in [0.5, 0.6) is 11.5 Å². The van der Waals surface area contributed by atoms with Gasteiger partial charge in [0.2, 0.25) is 0 Å². The van der Waals surface area contributed by atoms with Gasteiger partial charge in [-0.2, -0.15) is 0 Å². The Morgan fingerprint density at radius 2 is 1.89 bits per heavy atom. The van der Waals surface area contributed by atoms with Gasteiger partial charge in [-0.15, -0.1) is 0 Å². The second kappa shape index (κ2) is 5.40. The lowest BCUT2D eigenvalue weighted by atomic mass is 9.99. The summed E-state index contributed by atoms with van der Waals surface area (Å²) in [6, 6.07) is 4.14. The zero-order chi connectivity index (χ0) is 13.9. The minimum Gasteiger partial charge on any atom is -0.504 e. The Morgan fingerprint density at radius 3 is 2.39 bits per heavy atom. The molecule has 0 saturated heterocycles. The van der Waals surface area contributed by atoms with Crippen molar-refractivity contribution in [1.82, 2.24) is 4.90 Å². The summed E-state index contributed by atoms with van der Waals surface area (Å²) in [5, 5.41) is 18.6. The average molecular weight is 251 g/mol. The summed E-state index contributed by atoms with van der Waals surface area (Å²) in [6.07, 6.45) is 0.942. The molecule has 0 aliphatic heterocycles. The Hall–Kier alpha value is -1.55. The highest BCUT2D eigenvalue weighted by Gasteiger charge is 2.23. The summed E-state index contributed by atoms with van der Waals surface area (Å²) in [7, 11) is 1.90. The van der Waals surface area contributed by atoms with E-state index in [1.165, 1.54) is 18.2 Å². The van der Waals surface area contributed by atoms with Gasteiger partial charge in [0, 0.05) is 11.1 Å². The number of hydrogen-bond donors (Lipinski definition) is 2. The average Bonchev–Trinajstić information content (AvgIpc) is 2.32. The molecule has 2 N–H and O–H groups in total. The van der Waals surface area contributed by atoms with Gasteiger partial charge in [0.25, 0.3) is 0 Å². The predicted octanol–water partition coefficient (Wildman–Crippen LogP) is 2.40. The molecule has 0 atom stereocenters. The summed E-state index contributed by atoms with van der Waals surface area (Å²) < 4.78 is 0. The maximum Gasteiger partial charge on any atom is 0.176 e. The van der Waals surface area contributed by atoms with Crippen molar-refractivity contribution >= 4 is 5.78 Å². The van der Waals surface area contributed by atoms with Crippen LogP contribution in [0.3, 0.4) is 0 Å². The van der Waals surface area contributed by atoms with Gasteiger partial charge in [0.15, 0.2) is 17.3 Å². The van der Waals surface area contributed by atoms with E-state index in [2.05, 4.69) is 20.8 Å². The zero-order valence-electron chi connectivity index (χ0n) is 11.4. The van der Waals surface area contributed by atoms with Gasteiger partial charge in [-0.3, -0.25) is 9.69 Å². The van der Waals surface area contributed by atoms with Crippen molar-refractivity contribution in [3.8, 4) is 11.5 Å². The highest BCUT2D eigenvalue weighted by Crippen LogP contribution is 2.25. The van der Waals surface area contributed by atoms with Crippen LogP contribution in [0.1, 0.15) is 37.6 Å². The van der Waals surface area contributed by atoms with E-state index in [1.807, 2.05) is 11.9 Å². The molecule has 0 unspecified atom stereocenters. The maximum atomic E-state index is 12.0. The molecule has 0 saturated carbocycles. The number of likely N-dealkylation sites (N-methyl/N-ethyl adjacent to an activating group) is 1. The summed E-state index contributed by atoms with van der Waals surface area (Å²) in [5.41, 5.74) is 0.360. The van der Waals surface area contributed by atoms with Crippen molar-refractivity contribution in [2.45, 2.75) is 32.7 Å². The van der Waals surface area contributed by atoms with Crippen molar-refractivity contribution in [2.75, 3.05) is 13.6 Å². The number of carbonyl (C=O) groups is 1. The smallest absolute Gasteiger partial charge is 0.176 e.